The summed E-state index contributed by atoms with van der Waals surface area (Å²) in [6, 6.07) is 83.8. The van der Waals surface area contributed by atoms with Crippen LogP contribution in [0.4, 0.5) is 17.1 Å². The van der Waals surface area contributed by atoms with Crippen LogP contribution in [0.15, 0.2) is 260 Å². The molecule has 0 bridgehead atoms. The fraction of sp³-hybridized carbons (Fsp3) is 0. The number of nitrogens with zero attached hydrogens (tertiary/aromatic N) is 2. The third-order valence-corrected chi connectivity index (χ3v) is 13.1. The fourth-order valence-corrected chi connectivity index (χ4v) is 10.0. The number of benzene rings is 10. The van der Waals surface area contributed by atoms with Crippen LogP contribution in [0.25, 0.3) is 105 Å². The molecule has 3 nitrogen and oxygen atoms in total. The first-order chi connectivity index (χ1) is 33.2. The van der Waals surface area contributed by atoms with Crippen LogP contribution < -0.4 is 4.90 Å². The third-order valence-electron chi connectivity index (χ3n) is 13.1. The van der Waals surface area contributed by atoms with E-state index < -0.39 is 0 Å². The molecule has 0 fully saturated rings. The molecule has 10 aromatic carbocycles. The van der Waals surface area contributed by atoms with Gasteiger partial charge in [-0.1, -0.05) is 183 Å². The third kappa shape index (κ3) is 6.76. The number of allylic oxidation sites excluding steroid dienone is 2. The zero-order valence-electron chi connectivity index (χ0n) is 36.8. The van der Waals surface area contributed by atoms with Crippen molar-refractivity contribution in [3.05, 3.63) is 256 Å². The minimum Gasteiger partial charge on any atom is -0.456 e. The highest BCUT2D eigenvalue weighted by atomic mass is 16.3. The van der Waals surface area contributed by atoms with Gasteiger partial charge in [-0.3, -0.25) is 0 Å². The summed E-state index contributed by atoms with van der Waals surface area (Å²) in [4.78, 5) is 2.49. The van der Waals surface area contributed by atoms with E-state index in [2.05, 4.69) is 247 Å². The average molecular weight is 857 g/mol. The number of aromatic nitrogens is 1. The number of furan rings is 1. The molecule has 67 heavy (non-hydrogen) atoms. The van der Waals surface area contributed by atoms with Gasteiger partial charge in [-0.05, 0) is 117 Å². The van der Waals surface area contributed by atoms with Gasteiger partial charge in [-0.25, -0.2) is 0 Å². The van der Waals surface area contributed by atoms with Gasteiger partial charge in [0.1, 0.15) is 11.2 Å². The maximum absolute atomic E-state index is 6.39. The van der Waals surface area contributed by atoms with Crippen molar-refractivity contribution in [2.24, 2.45) is 0 Å². The first-order valence-corrected chi connectivity index (χ1v) is 22.7. The van der Waals surface area contributed by atoms with Crippen molar-refractivity contribution in [2.75, 3.05) is 4.90 Å². The zero-order chi connectivity index (χ0) is 44.8. The Labute approximate surface area is 390 Å². The molecule has 3 heterocycles. The van der Waals surface area contributed by atoms with Gasteiger partial charge in [-0.2, -0.15) is 0 Å². The lowest BCUT2D eigenvalue weighted by atomic mass is 9.92. The van der Waals surface area contributed by atoms with E-state index in [1.807, 2.05) is 6.07 Å². The highest BCUT2D eigenvalue weighted by Crippen LogP contribution is 2.54. The maximum atomic E-state index is 6.39. The minimum absolute atomic E-state index is 0.878. The van der Waals surface area contributed by atoms with Crippen LogP contribution in [0.1, 0.15) is 0 Å². The molecule has 0 saturated heterocycles. The Hall–Kier alpha value is -8.92. The van der Waals surface area contributed by atoms with E-state index in [1.165, 1.54) is 66.4 Å². The molecule has 316 valence electrons. The summed E-state index contributed by atoms with van der Waals surface area (Å²) in [6.07, 6.45) is 3.28. The first kappa shape index (κ1) is 39.7. The van der Waals surface area contributed by atoms with E-state index >= 15 is 0 Å². The summed E-state index contributed by atoms with van der Waals surface area (Å²) in [7, 11) is 0. The number of hydrogen-bond acceptors (Lipinski definition) is 2. The van der Waals surface area contributed by atoms with Gasteiger partial charge in [0, 0.05) is 44.0 Å². The second-order valence-electron chi connectivity index (χ2n) is 16.9. The molecule has 12 aromatic rings. The lowest BCUT2D eigenvalue weighted by Gasteiger charge is -2.28. The Balaban J connectivity index is 0.00000113. The fourth-order valence-electron chi connectivity index (χ4n) is 10.0. The molecule has 0 spiro atoms. The Kier molecular flexibility index (Phi) is 9.81. The van der Waals surface area contributed by atoms with E-state index in [1.54, 1.807) is 12.2 Å². The lowest BCUT2D eigenvalue weighted by Crippen LogP contribution is -2.12. The van der Waals surface area contributed by atoms with Crippen LogP contribution in [0.3, 0.4) is 0 Å². The number of anilines is 3. The highest BCUT2D eigenvalue weighted by Gasteiger charge is 2.30. The van der Waals surface area contributed by atoms with Crippen molar-refractivity contribution in [1.29, 1.82) is 0 Å². The van der Waals surface area contributed by atoms with E-state index in [4.69, 9.17) is 4.42 Å². The monoisotopic (exact) mass is 856 g/mol. The topological polar surface area (TPSA) is 21.3 Å². The predicted molar refractivity (Wildman–Crippen MR) is 284 cm³/mol. The molecule has 0 radical (unpaired) electrons. The van der Waals surface area contributed by atoms with Crippen molar-refractivity contribution in [1.82, 2.24) is 4.57 Å². The molecule has 0 amide bonds. The van der Waals surface area contributed by atoms with Crippen molar-refractivity contribution in [3.8, 4) is 61.3 Å². The van der Waals surface area contributed by atoms with E-state index in [-0.39, 0.29) is 0 Å². The van der Waals surface area contributed by atoms with Gasteiger partial charge >= 0.3 is 0 Å². The lowest BCUT2D eigenvalue weighted by molar-refractivity contribution is 0.669. The molecule has 0 saturated carbocycles. The average Bonchev–Trinajstić information content (AvgIpc) is 3.91. The van der Waals surface area contributed by atoms with Gasteiger partial charge < -0.3 is 13.9 Å². The summed E-state index contributed by atoms with van der Waals surface area (Å²) >= 11 is 0. The summed E-state index contributed by atoms with van der Waals surface area (Å²) in [6.45, 7) is 6.72. The summed E-state index contributed by atoms with van der Waals surface area (Å²) < 4.78 is 8.89. The molecule has 1 aliphatic heterocycles. The number of hydrogen-bond donors (Lipinski definition) is 0. The molecule has 13 rings (SSSR count). The van der Waals surface area contributed by atoms with Crippen molar-refractivity contribution in [3.63, 3.8) is 0 Å². The Morgan fingerprint density at radius 1 is 0.343 bits per heavy atom. The van der Waals surface area contributed by atoms with Crippen LogP contribution in [0.5, 0.6) is 0 Å². The van der Waals surface area contributed by atoms with Crippen LogP contribution in [-0.4, -0.2) is 4.57 Å². The first-order valence-electron chi connectivity index (χ1n) is 22.7. The van der Waals surface area contributed by atoms with Gasteiger partial charge in [-0.15, -0.1) is 0 Å². The quantitative estimate of drug-likeness (QED) is 0.155. The number of rotatable bonds is 6. The molecule has 0 atom stereocenters. The van der Waals surface area contributed by atoms with Gasteiger partial charge in [0.2, 0.25) is 0 Å². The van der Waals surface area contributed by atoms with Crippen LogP contribution in [-0.2, 0) is 0 Å². The summed E-state index contributed by atoms with van der Waals surface area (Å²) in [5.74, 6) is 0. The summed E-state index contributed by atoms with van der Waals surface area (Å²) in [5, 5.41) is 4.58. The van der Waals surface area contributed by atoms with Gasteiger partial charge in [0.15, 0.2) is 0 Å². The minimum atomic E-state index is 0.878. The number of fused-ring (bicyclic) bond motifs is 12. The molecule has 0 aliphatic carbocycles. The number of para-hydroxylation sites is 3. The normalized spacial score (nSPS) is 11.7. The molecular formula is C64H44N2O. The van der Waals surface area contributed by atoms with E-state index in [0.717, 1.165) is 55.7 Å². The Morgan fingerprint density at radius 3 is 1.60 bits per heavy atom. The molecular weight excluding hydrogens is 813 g/mol. The molecule has 2 aromatic heterocycles. The van der Waals surface area contributed by atoms with Crippen LogP contribution in [0.2, 0.25) is 0 Å². The van der Waals surface area contributed by atoms with E-state index in [9.17, 15) is 0 Å². The summed E-state index contributed by atoms with van der Waals surface area (Å²) in [5.41, 5.74) is 20.4. The smallest absolute Gasteiger partial charge is 0.135 e. The maximum Gasteiger partial charge on any atom is 0.135 e. The SMILES string of the molecule is C=CC=C.c1ccc(-c2cc(-c3ccccc3)cc(-c3ccc4c(c3)c3ccc5c(c3n4-c3ccc4oc6ccccc6c4c3)N(c3ccccc3)c3ccccc3-c3ccccc3-5)c2)cc1. The van der Waals surface area contributed by atoms with Gasteiger partial charge in [0.25, 0.3) is 0 Å². The predicted octanol–water partition coefficient (Wildman–Crippen LogP) is 18.2. The van der Waals surface area contributed by atoms with Gasteiger partial charge in [0.05, 0.1) is 22.4 Å². The molecule has 3 heteroatoms. The second-order valence-corrected chi connectivity index (χ2v) is 16.9. The molecule has 0 N–H and O–H groups in total. The van der Waals surface area contributed by atoms with Crippen LogP contribution >= 0.6 is 0 Å². The van der Waals surface area contributed by atoms with Crippen molar-refractivity contribution < 1.29 is 4.42 Å². The van der Waals surface area contributed by atoms with E-state index in [0.29, 0.717) is 0 Å². The van der Waals surface area contributed by atoms with Crippen LogP contribution in [0, 0.1) is 0 Å². The largest absolute Gasteiger partial charge is 0.456 e. The zero-order valence-corrected chi connectivity index (χ0v) is 36.8. The second kappa shape index (κ2) is 16.6. The Morgan fingerprint density at radius 2 is 0.910 bits per heavy atom. The standard InChI is InChI=1S/C60H38N2O.C4H6/c1-4-16-39(17-5-1)42-34-43(40-18-6-2-7-19-40)36-44(35-42)41-28-32-56-53(37-41)52-31-30-51-48-23-11-10-22-47(48)49-24-12-14-26-55(49)61(45-20-8-3-9-21-45)59(51)60(52)62(56)46-29-33-58-54(38-46)50-25-13-15-27-57(50)63-58;1-3-4-2/h1-38H;3-4H,1-2H2. The molecule has 0 unspecified atom stereocenters. The highest BCUT2D eigenvalue weighted by molar-refractivity contribution is 6.20. The van der Waals surface area contributed by atoms with Crippen molar-refractivity contribution >= 4 is 60.8 Å². The molecule has 1 aliphatic rings. The van der Waals surface area contributed by atoms with Crippen molar-refractivity contribution in [2.45, 2.75) is 0 Å². The Bertz CT molecular complexity index is 3780.